The molecule has 2 amide bonds. The van der Waals surface area contributed by atoms with Gasteiger partial charge in [0.15, 0.2) is 0 Å². The number of rotatable bonds is 8. The van der Waals surface area contributed by atoms with E-state index < -0.39 is 30.3 Å². The van der Waals surface area contributed by atoms with Crippen LogP contribution in [0.2, 0.25) is 0 Å². The van der Waals surface area contributed by atoms with Crippen molar-refractivity contribution in [3.63, 3.8) is 0 Å². The van der Waals surface area contributed by atoms with Gasteiger partial charge in [-0.3, -0.25) is 9.59 Å². The number of carbonyl (C=O) groups is 2. The van der Waals surface area contributed by atoms with Gasteiger partial charge in [0.05, 0.1) is 42.8 Å². The van der Waals surface area contributed by atoms with Crippen LogP contribution in [0.25, 0.3) is 0 Å². The molecule has 0 bridgehead atoms. The van der Waals surface area contributed by atoms with E-state index in [1.807, 2.05) is 45.9 Å². The number of nitrogens with zero attached hydrogens (tertiary/aromatic N) is 1. The van der Waals surface area contributed by atoms with Crippen LogP contribution in [0.1, 0.15) is 46.1 Å². The predicted octanol–water partition coefficient (Wildman–Crippen LogP) is 1.73. The maximum absolute atomic E-state index is 12.9. The highest BCUT2D eigenvalue weighted by atomic mass is 35.5. The molecule has 2 heterocycles. The van der Waals surface area contributed by atoms with Crippen LogP contribution in [-0.2, 0) is 30.1 Å². The third-order valence-corrected chi connectivity index (χ3v) is 6.61. The van der Waals surface area contributed by atoms with Crippen molar-refractivity contribution in [2.24, 2.45) is 5.73 Å². The van der Waals surface area contributed by atoms with E-state index in [2.05, 4.69) is 17.4 Å². The number of ether oxygens (including phenoxy) is 1. The Bertz CT molecular complexity index is 774. The van der Waals surface area contributed by atoms with Crippen LogP contribution in [-0.4, -0.2) is 73.3 Å². The second-order valence-electron chi connectivity index (χ2n) is 9.57. The standard InChI is InChI=1S/C23H36BN3O5.ClH/c1-22(2)23(3,4)32-24(31-22)19(11-10-17-8-6-5-7-9-17)26-21(29)18(25)16-20(28)27-12-14-30-15-13-27;/h5-9,18-19H,10-16,25H2,1-4H3,(H,26,29);1H/t18?,19-;/m0./s1. The van der Waals surface area contributed by atoms with Gasteiger partial charge < -0.3 is 30.0 Å². The van der Waals surface area contributed by atoms with Gasteiger partial charge >= 0.3 is 7.12 Å². The number of benzene rings is 1. The van der Waals surface area contributed by atoms with Crippen molar-refractivity contribution in [2.75, 3.05) is 26.3 Å². The van der Waals surface area contributed by atoms with Crippen molar-refractivity contribution in [3.05, 3.63) is 35.9 Å². The molecule has 0 aliphatic carbocycles. The lowest BCUT2D eigenvalue weighted by Crippen LogP contribution is -2.54. The molecule has 1 unspecified atom stereocenters. The zero-order valence-corrected chi connectivity index (χ0v) is 20.9. The number of nitrogens with one attached hydrogen (secondary N) is 1. The number of aryl methyl sites for hydroxylation is 1. The van der Waals surface area contributed by atoms with Crippen LogP contribution in [0.5, 0.6) is 0 Å². The van der Waals surface area contributed by atoms with E-state index in [1.165, 1.54) is 0 Å². The third-order valence-electron chi connectivity index (χ3n) is 6.61. The molecule has 2 aliphatic rings. The van der Waals surface area contributed by atoms with Gasteiger partial charge in [0, 0.05) is 13.1 Å². The summed E-state index contributed by atoms with van der Waals surface area (Å²) in [6, 6.07) is 9.12. The normalized spacial score (nSPS) is 21.1. The molecule has 0 aromatic heterocycles. The van der Waals surface area contributed by atoms with Crippen molar-refractivity contribution in [1.82, 2.24) is 10.2 Å². The minimum absolute atomic E-state index is 0. The quantitative estimate of drug-likeness (QED) is 0.548. The molecule has 8 nitrogen and oxygen atoms in total. The van der Waals surface area contributed by atoms with E-state index in [4.69, 9.17) is 19.8 Å². The van der Waals surface area contributed by atoms with Crippen LogP contribution in [0, 0.1) is 0 Å². The molecule has 33 heavy (non-hydrogen) atoms. The Kier molecular flexibility index (Phi) is 9.76. The van der Waals surface area contributed by atoms with Crippen molar-refractivity contribution in [3.8, 4) is 0 Å². The van der Waals surface area contributed by atoms with Gasteiger partial charge in [-0.1, -0.05) is 30.3 Å². The number of morpholine rings is 1. The molecule has 1 aromatic carbocycles. The molecular formula is C23H37BClN3O5. The summed E-state index contributed by atoms with van der Waals surface area (Å²) in [5, 5.41) is 3.00. The fourth-order valence-corrected chi connectivity index (χ4v) is 3.81. The van der Waals surface area contributed by atoms with Gasteiger partial charge in [0.1, 0.15) is 0 Å². The summed E-state index contributed by atoms with van der Waals surface area (Å²) in [4.78, 5) is 27.1. The number of amides is 2. The van der Waals surface area contributed by atoms with Crippen LogP contribution in [0.3, 0.4) is 0 Å². The molecule has 2 fully saturated rings. The molecule has 2 saturated heterocycles. The minimum Gasteiger partial charge on any atom is -0.402 e. The molecule has 2 aliphatic heterocycles. The van der Waals surface area contributed by atoms with Gasteiger partial charge in [-0.2, -0.15) is 0 Å². The minimum atomic E-state index is -0.938. The largest absolute Gasteiger partial charge is 0.481 e. The summed E-state index contributed by atoms with van der Waals surface area (Å²) in [5.74, 6) is -0.903. The average molecular weight is 482 g/mol. The second kappa shape index (κ2) is 11.7. The Morgan fingerprint density at radius 1 is 1.09 bits per heavy atom. The van der Waals surface area contributed by atoms with Gasteiger partial charge in [0.2, 0.25) is 11.8 Å². The van der Waals surface area contributed by atoms with E-state index >= 15 is 0 Å². The third kappa shape index (κ3) is 7.17. The maximum Gasteiger partial charge on any atom is 0.481 e. The first-order valence-electron chi connectivity index (χ1n) is 11.4. The predicted molar refractivity (Wildman–Crippen MR) is 130 cm³/mol. The highest BCUT2D eigenvalue weighted by molar-refractivity contribution is 6.48. The van der Waals surface area contributed by atoms with Gasteiger partial charge in [-0.25, -0.2) is 0 Å². The van der Waals surface area contributed by atoms with Crippen molar-refractivity contribution >= 4 is 31.3 Å². The lowest BCUT2D eigenvalue weighted by molar-refractivity contribution is -0.137. The summed E-state index contributed by atoms with van der Waals surface area (Å²) in [6.45, 7) is 10.0. The van der Waals surface area contributed by atoms with Gasteiger partial charge in [0.25, 0.3) is 0 Å². The Hall–Kier alpha value is -1.65. The number of halogens is 1. The van der Waals surface area contributed by atoms with E-state index in [-0.39, 0.29) is 30.6 Å². The van der Waals surface area contributed by atoms with E-state index in [1.54, 1.807) is 4.90 Å². The molecule has 3 rings (SSSR count). The summed E-state index contributed by atoms with van der Waals surface area (Å²) >= 11 is 0. The summed E-state index contributed by atoms with van der Waals surface area (Å²) in [7, 11) is -0.602. The summed E-state index contributed by atoms with van der Waals surface area (Å²) in [6.07, 6.45) is 1.33. The van der Waals surface area contributed by atoms with Crippen LogP contribution in [0.15, 0.2) is 30.3 Å². The smallest absolute Gasteiger partial charge is 0.402 e. The first kappa shape index (κ1) is 27.6. The summed E-state index contributed by atoms with van der Waals surface area (Å²) < 4.78 is 17.7. The molecule has 1 aromatic rings. The average Bonchev–Trinajstić information content (AvgIpc) is 2.99. The molecule has 0 saturated carbocycles. The van der Waals surface area contributed by atoms with Crippen LogP contribution in [0.4, 0.5) is 0 Å². The van der Waals surface area contributed by atoms with Crippen molar-refractivity contribution in [1.29, 1.82) is 0 Å². The molecular weight excluding hydrogens is 445 g/mol. The Labute approximate surface area is 203 Å². The molecule has 0 spiro atoms. The van der Waals surface area contributed by atoms with E-state index in [0.717, 1.165) is 12.0 Å². The van der Waals surface area contributed by atoms with Gasteiger partial charge in [-0.15, -0.1) is 12.4 Å². The Morgan fingerprint density at radius 3 is 2.24 bits per heavy atom. The fraction of sp³-hybridized carbons (Fsp3) is 0.652. The van der Waals surface area contributed by atoms with Crippen LogP contribution < -0.4 is 11.1 Å². The van der Waals surface area contributed by atoms with Crippen molar-refractivity contribution in [2.45, 2.75) is 70.1 Å². The fourth-order valence-electron chi connectivity index (χ4n) is 3.81. The zero-order valence-electron chi connectivity index (χ0n) is 20.0. The number of hydrogen-bond acceptors (Lipinski definition) is 6. The lowest BCUT2D eigenvalue weighted by Gasteiger charge is -2.32. The molecule has 184 valence electrons. The zero-order chi connectivity index (χ0) is 23.4. The molecule has 0 radical (unpaired) electrons. The topological polar surface area (TPSA) is 103 Å². The van der Waals surface area contributed by atoms with Gasteiger partial charge in [-0.05, 0) is 46.1 Å². The first-order chi connectivity index (χ1) is 15.1. The molecule has 10 heteroatoms. The Balaban J connectivity index is 0.00000385. The molecule has 3 N–H and O–H groups in total. The number of nitrogens with two attached hydrogens (primary N) is 1. The SMILES string of the molecule is CC1(C)OB([C@H](CCc2ccccc2)NC(=O)C(N)CC(=O)N2CCOCC2)OC1(C)C.Cl. The Morgan fingerprint density at radius 2 is 1.67 bits per heavy atom. The van der Waals surface area contributed by atoms with Crippen molar-refractivity contribution < 1.29 is 23.6 Å². The van der Waals surface area contributed by atoms with E-state index in [9.17, 15) is 9.59 Å². The maximum atomic E-state index is 12.9. The number of carbonyl (C=O) groups excluding carboxylic acids is 2. The number of hydrogen-bond donors (Lipinski definition) is 2. The molecule has 2 atom stereocenters. The second-order valence-corrected chi connectivity index (χ2v) is 9.57. The highest BCUT2D eigenvalue weighted by Gasteiger charge is 2.54. The van der Waals surface area contributed by atoms with Crippen LogP contribution >= 0.6 is 12.4 Å². The highest BCUT2D eigenvalue weighted by Crippen LogP contribution is 2.38. The first-order valence-corrected chi connectivity index (χ1v) is 11.4. The summed E-state index contributed by atoms with van der Waals surface area (Å²) in [5.41, 5.74) is 6.25. The monoisotopic (exact) mass is 481 g/mol. The van der Waals surface area contributed by atoms with E-state index in [0.29, 0.717) is 32.7 Å². The lowest BCUT2D eigenvalue weighted by atomic mass is 9.75.